The van der Waals surface area contributed by atoms with Crippen molar-refractivity contribution in [2.45, 2.75) is 32.1 Å². The van der Waals surface area contributed by atoms with Gasteiger partial charge in [-0.05, 0) is 12.8 Å². The van der Waals surface area contributed by atoms with Gasteiger partial charge in [-0.15, -0.1) is 0 Å². The molecule has 0 heterocycles. The van der Waals surface area contributed by atoms with Gasteiger partial charge in [-0.3, -0.25) is 9.59 Å². The molecule has 0 atom stereocenters. The highest BCUT2D eigenvalue weighted by Gasteiger charge is 2.41. The van der Waals surface area contributed by atoms with Crippen molar-refractivity contribution in [3.05, 3.63) is 0 Å². The van der Waals surface area contributed by atoms with E-state index < -0.39 is 11.4 Å². The number of aliphatic carboxylic acids is 1. The van der Waals surface area contributed by atoms with Gasteiger partial charge in [-0.1, -0.05) is 12.8 Å². The number of carboxylic acids is 1. The van der Waals surface area contributed by atoms with E-state index in [9.17, 15) is 19.5 Å². The normalized spacial score (nSPS) is 16.5. The van der Waals surface area contributed by atoms with Gasteiger partial charge in [0.15, 0.2) is 0 Å². The second kappa shape index (κ2) is 7.12. The molecule has 1 rings (SSSR count). The smallest absolute Gasteiger partial charge is 0.317 e. The molecule has 1 fully saturated rings. The highest BCUT2D eigenvalue weighted by atomic mass is 16.4. The van der Waals surface area contributed by atoms with Gasteiger partial charge in [0.1, 0.15) is 0 Å². The molecule has 1 aliphatic rings. The van der Waals surface area contributed by atoms with Crippen LogP contribution in [0.4, 0.5) is 4.79 Å². The number of amides is 3. The third-order valence-electron chi connectivity index (χ3n) is 3.89. The molecule has 0 aromatic rings. The van der Waals surface area contributed by atoms with Crippen molar-refractivity contribution in [1.29, 1.82) is 0 Å². The number of carbonyl (C=O) groups excluding carboxylic acids is 2. The van der Waals surface area contributed by atoms with Crippen molar-refractivity contribution in [3.63, 3.8) is 0 Å². The van der Waals surface area contributed by atoms with Gasteiger partial charge >= 0.3 is 12.0 Å². The van der Waals surface area contributed by atoms with Crippen molar-refractivity contribution in [3.8, 4) is 0 Å². The van der Waals surface area contributed by atoms with Crippen LogP contribution in [0.25, 0.3) is 0 Å². The molecule has 0 unspecified atom stereocenters. The summed E-state index contributed by atoms with van der Waals surface area (Å²) in [6.45, 7) is 0.442. The molecular formula is C13H23N3O4. The van der Waals surface area contributed by atoms with Gasteiger partial charge in [-0.2, -0.15) is 0 Å². The van der Waals surface area contributed by atoms with Crippen molar-refractivity contribution >= 4 is 17.9 Å². The summed E-state index contributed by atoms with van der Waals surface area (Å²) in [4.78, 5) is 35.7. The van der Waals surface area contributed by atoms with Crippen LogP contribution >= 0.6 is 0 Å². The zero-order valence-electron chi connectivity index (χ0n) is 12.1. The topological polar surface area (TPSA) is 98.7 Å². The van der Waals surface area contributed by atoms with E-state index in [0.717, 1.165) is 12.8 Å². The molecule has 0 aromatic carbocycles. The first-order chi connectivity index (χ1) is 9.41. The molecule has 0 radical (unpaired) electrons. The van der Waals surface area contributed by atoms with E-state index >= 15 is 0 Å². The van der Waals surface area contributed by atoms with Gasteiger partial charge in [0, 0.05) is 33.6 Å². The number of hydrogen-bond donors (Lipinski definition) is 3. The molecular weight excluding hydrogens is 262 g/mol. The average Bonchev–Trinajstić information content (AvgIpc) is 2.91. The van der Waals surface area contributed by atoms with Crippen LogP contribution in [0.15, 0.2) is 0 Å². The fraction of sp³-hybridized carbons (Fsp3) is 0.769. The molecule has 0 spiro atoms. The highest BCUT2D eigenvalue weighted by Crippen LogP contribution is 2.37. The molecule has 3 N–H and O–H groups in total. The fourth-order valence-electron chi connectivity index (χ4n) is 2.39. The predicted molar refractivity (Wildman–Crippen MR) is 73.2 cm³/mol. The molecule has 7 heteroatoms. The van der Waals surface area contributed by atoms with Crippen LogP contribution < -0.4 is 10.6 Å². The molecule has 0 bridgehead atoms. The fourth-order valence-corrected chi connectivity index (χ4v) is 2.39. The summed E-state index contributed by atoms with van der Waals surface area (Å²) in [5, 5.41) is 14.5. The summed E-state index contributed by atoms with van der Waals surface area (Å²) < 4.78 is 0. The Kier molecular flexibility index (Phi) is 5.79. The summed E-state index contributed by atoms with van der Waals surface area (Å²) >= 11 is 0. The molecule has 114 valence electrons. The number of carbonyl (C=O) groups is 3. The Labute approximate surface area is 118 Å². The van der Waals surface area contributed by atoms with Crippen molar-refractivity contribution in [2.24, 2.45) is 5.41 Å². The Morgan fingerprint density at radius 3 is 2.35 bits per heavy atom. The maximum absolute atomic E-state index is 11.9. The van der Waals surface area contributed by atoms with Gasteiger partial charge < -0.3 is 20.6 Å². The Morgan fingerprint density at radius 2 is 1.85 bits per heavy atom. The molecule has 3 amide bonds. The molecule has 0 saturated heterocycles. The predicted octanol–water partition coefficient (Wildman–Crippen LogP) is 0.409. The monoisotopic (exact) mass is 285 g/mol. The van der Waals surface area contributed by atoms with Crippen LogP contribution in [0.5, 0.6) is 0 Å². The Hall–Kier alpha value is -1.79. The van der Waals surface area contributed by atoms with Crippen LogP contribution in [-0.2, 0) is 9.59 Å². The van der Waals surface area contributed by atoms with E-state index in [1.54, 1.807) is 14.1 Å². The van der Waals surface area contributed by atoms with Crippen LogP contribution in [-0.4, -0.2) is 55.1 Å². The van der Waals surface area contributed by atoms with Gasteiger partial charge in [0.05, 0.1) is 5.41 Å². The SMILES string of the molecule is CNC(=O)CCN(C)C(=O)NCC1(C(=O)O)CCCC1. The minimum Gasteiger partial charge on any atom is -0.481 e. The van der Waals surface area contributed by atoms with Crippen LogP contribution in [0.3, 0.4) is 0 Å². The van der Waals surface area contributed by atoms with E-state index in [1.165, 1.54) is 4.90 Å². The molecule has 7 nitrogen and oxygen atoms in total. The summed E-state index contributed by atoms with van der Waals surface area (Å²) in [7, 11) is 3.12. The Bertz CT molecular complexity index is 378. The first-order valence-electron chi connectivity index (χ1n) is 6.84. The lowest BCUT2D eigenvalue weighted by Gasteiger charge is -2.26. The van der Waals surface area contributed by atoms with Gasteiger partial charge in [-0.25, -0.2) is 4.79 Å². The van der Waals surface area contributed by atoms with E-state index in [2.05, 4.69) is 10.6 Å². The number of hydrogen-bond acceptors (Lipinski definition) is 3. The zero-order valence-corrected chi connectivity index (χ0v) is 12.1. The first-order valence-corrected chi connectivity index (χ1v) is 6.84. The van der Waals surface area contributed by atoms with Crippen molar-refractivity contribution in [2.75, 3.05) is 27.2 Å². The summed E-state index contributed by atoms with van der Waals surface area (Å²) in [6, 6.07) is -0.346. The third kappa shape index (κ3) is 4.11. The number of carboxylic acid groups (broad SMARTS) is 1. The number of nitrogens with one attached hydrogen (secondary N) is 2. The van der Waals surface area contributed by atoms with Crippen molar-refractivity contribution < 1.29 is 19.5 Å². The lowest BCUT2D eigenvalue weighted by Crippen LogP contribution is -2.46. The number of urea groups is 1. The quantitative estimate of drug-likeness (QED) is 0.658. The van der Waals surface area contributed by atoms with Crippen LogP contribution in [0.2, 0.25) is 0 Å². The highest BCUT2D eigenvalue weighted by molar-refractivity contribution is 5.79. The minimum absolute atomic E-state index is 0.137. The molecule has 1 saturated carbocycles. The molecule has 1 aliphatic carbocycles. The van der Waals surface area contributed by atoms with Crippen LogP contribution in [0.1, 0.15) is 32.1 Å². The lowest BCUT2D eigenvalue weighted by molar-refractivity contribution is -0.148. The van der Waals surface area contributed by atoms with E-state index in [-0.39, 0.29) is 24.9 Å². The van der Waals surface area contributed by atoms with E-state index in [1.807, 2.05) is 0 Å². The maximum atomic E-state index is 11.9. The Morgan fingerprint density at radius 1 is 1.25 bits per heavy atom. The van der Waals surface area contributed by atoms with Crippen LogP contribution in [0, 0.1) is 5.41 Å². The lowest BCUT2D eigenvalue weighted by atomic mass is 9.86. The number of nitrogens with zero attached hydrogens (tertiary/aromatic N) is 1. The van der Waals surface area contributed by atoms with E-state index in [0.29, 0.717) is 19.4 Å². The standard InChI is InChI=1S/C13H23N3O4/c1-14-10(17)5-8-16(2)12(20)15-9-13(11(18)19)6-3-4-7-13/h3-9H2,1-2H3,(H,14,17)(H,15,20)(H,18,19). The summed E-state index contributed by atoms with van der Waals surface area (Å²) in [5.41, 5.74) is -0.822. The van der Waals surface area contributed by atoms with Gasteiger partial charge in [0.25, 0.3) is 0 Å². The largest absolute Gasteiger partial charge is 0.481 e. The summed E-state index contributed by atoms with van der Waals surface area (Å²) in [5.74, 6) is -0.981. The van der Waals surface area contributed by atoms with Crippen molar-refractivity contribution in [1.82, 2.24) is 15.5 Å². The second-order valence-corrected chi connectivity index (χ2v) is 5.30. The minimum atomic E-state index is -0.844. The third-order valence-corrected chi connectivity index (χ3v) is 3.89. The van der Waals surface area contributed by atoms with E-state index in [4.69, 9.17) is 0 Å². The molecule has 0 aliphatic heterocycles. The molecule has 20 heavy (non-hydrogen) atoms. The second-order valence-electron chi connectivity index (χ2n) is 5.30. The number of rotatable bonds is 6. The summed E-state index contributed by atoms with van der Waals surface area (Å²) in [6.07, 6.45) is 3.20. The average molecular weight is 285 g/mol. The first kappa shape index (κ1) is 16.3. The van der Waals surface area contributed by atoms with Gasteiger partial charge in [0.2, 0.25) is 5.91 Å². The molecule has 0 aromatic heterocycles. The zero-order chi connectivity index (χ0) is 15.2. The maximum Gasteiger partial charge on any atom is 0.317 e. The Balaban J connectivity index is 2.41.